The highest BCUT2D eigenvalue weighted by atomic mass is 32.2. The summed E-state index contributed by atoms with van der Waals surface area (Å²) < 4.78 is 28.8. The zero-order valence-corrected chi connectivity index (χ0v) is 21.1. The van der Waals surface area contributed by atoms with Crippen LogP contribution in [0.3, 0.4) is 0 Å². The molecule has 34 heavy (non-hydrogen) atoms. The number of rotatable bonds is 5. The second-order valence-corrected chi connectivity index (χ2v) is 11.5. The van der Waals surface area contributed by atoms with Crippen LogP contribution in [0.25, 0.3) is 0 Å². The Labute approximate surface area is 204 Å². The highest BCUT2D eigenvalue weighted by molar-refractivity contribution is 7.89. The number of benzene rings is 2. The number of aryl methyl sites for hydroxylation is 1. The van der Waals surface area contributed by atoms with Gasteiger partial charge in [-0.05, 0) is 69.7 Å². The topological polar surface area (TPSA) is 64.1 Å². The van der Waals surface area contributed by atoms with E-state index in [1.165, 1.54) is 0 Å². The number of hydrogen-bond acceptors (Lipinski definition) is 5. The second kappa shape index (κ2) is 10.6. The van der Waals surface area contributed by atoms with E-state index in [1.807, 2.05) is 50.2 Å². The number of aliphatic hydroxyl groups is 1. The van der Waals surface area contributed by atoms with Crippen LogP contribution in [0.15, 0.2) is 53.4 Å². The first kappa shape index (κ1) is 24.9. The zero-order valence-electron chi connectivity index (χ0n) is 20.3. The first-order chi connectivity index (χ1) is 16.3. The summed E-state index contributed by atoms with van der Waals surface area (Å²) in [4.78, 5) is 4.72. The van der Waals surface area contributed by atoms with Gasteiger partial charge in [0.05, 0.1) is 18.0 Å². The molecule has 0 radical (unpaired) electrons. The summed E-state index contributed by atoms with van der Waals surface area (Å²) in [5, 5.41) is 10.2. The monoisotopic (exact) mass is 481 g/mol. The van der Waals surface area contributed by atoms with Gasteiger partial charge in [0, 0.05) is 36.7 Å². The summed E-state index contributed by atoms with van der Waals surface area (Å²) in [6.45, 7) is 4.47. The van der Waals surface area contributed by atoms with Crippen molar-refractivity contribution in [3.63, 3.8) is 0 Å². The van der Waals surface area contributed by atoms with Crippen LogP contribution in [0.2, 0.25) is 0 Å². The van der Waals surface area contributed by atoms with Crippen LogP contribution in [0.1, 0.15) is 35.4 Å². The number of fused-ring (bicyclic) bond motifs is 1. The fraction of sp³-hybridized carbons (Fsp3) is 0.481. The number of nitrogens with zero attached hydrogens (tertiary/aromatic N) is 3. The Balaban J connectivity index is 1.59. The van der Waals surface area contributed by atoms with Crippen molar-refractivity contribution in [3.8, 4) is 11.8 Å². The third-order valence-electron chi connectivity index (χ3n) is 6.97. The van der Waals surface area contributed by atoms with Crippen LogP contribution in [0.4, 0.5) is 0 Å². The molecule has 2 aliphatic rings. The molecular formula is C27H35N3O3S. The molecule has 0 saturated carbocycles. The molecule has 7 heteroatoms. The van der Waals surface area contributed by atoms with Gasteiger partial charge in [0.15, 0.2) is 0 Å². The Morgan fingerprint density at radius 1 is 1.06 bits per heavy atom. The summed E-state index contributed by atoms with van der Waals surface area (Å²) in [6, 6.07) is 15.5. The van der Waals surface area contributed by atoms with Crippen molar-refractivity contribution in [3.05, 3.63) is 65.2 Å². The maximum Gasteiger partial charge on any atom is 0.243 e. The van der Waals surface area contributed by atoms with Gasteiger partial charge in [0.1, 0.15) is 0 Å². The average molecular weight is 482 g/mol. The SMILES string of the molecule is Cc1ccccc1S(=O)(=O)N1CCCCN2[C@H](C1)[C@H](c1ccc(C#CCN(C)C)cc1)[C@@H]2CO. The van der Waals surface area contributed by atoms with Gasteiger partial charge >= 0.3 is 0 Å². The maximum atomic E-state index is 13.6. The minimum Gasteiger partial charge on any atom is -0.395 e. The molecule has 2 aliphatic heterocycles. The molecule has 182 valence electrons. The van der Waals surface area contributed by atoms with E-state index in [9.17, 15) is 13.5 Å². The van der Waals surface area contributed by atoms with Gasteiger partial charge in [-0.1, -0.05) is 42.2 Å². The van der Waals surface area contributed by atoms with E-state index < -0.39 is 10.0 Å². The van der Waals surface area contributed by atoms with E-state index in [4.69, 9.17) is 0 Å². The van der Waals surface area contributed by atoms with Gasteiger partial charge < -0.3 is 5.11 Å². The summed E-state index contributed by atoms with van der Waals surface area (Å²) in [5.74, 6) is 6.43. The summed E-state index contributed by atoms with van der Waals surface area (Å²) in [5.41, 5.74) is 2.86. The fourth-order valence-electron chi connectivity index (χ4n) is 5.20. The smallest absolute Gasteiger partial charge is 0.243 e. The Morgan fingerprint density at radius 3 is 2.44 bits per heavy atom. The molecule has 2 aromatic carbocycles. The molecule has 0 bridgehead atoms. The lowest BCUT2D eigenvalue weighted by atomic mass is 9.74. The van der Waals surface area contributed by atoms with Crippen LogP contribution < -0.4 is 0 Å². The molecule has 0 aromatic heterocycles. The van der Waals surface area contributed by atoms with Crippen LogP contribution in [-0.2, 0) is 10.0 Å². The minimum absolute atomic E-state index is 0.0109. The largest absolute Gasteiger partial charge is 0.395 e. The zero-order chi connectivity index (χ0) is 24.3. The Hall–Kier alpha value is -2.21. The van der Waals surface area contributed by atoms with E-state index in [1.54, 1.807) is 16.4 Å². The standard InChI is InChI=1S/C27H35N3O3S/c1-21-9-4-5-11-26(21)34(32,33)29-17-6-7-18-30-24(19-29)27(25(30)20-31)23-14-12-22(13-15-23)10-8-16-28(2)3/h4-5,9,11-15,24-25,27,31H,6-7,16-20H2,1-3H3/t24-,25+,27+/m1/s1. The van der Waals surface area contributed by atoms with Crippen molar-refractivity contribution in [2.45, 2.75) is 42.7 Å². The van der Waals surface area contributed by atoms with Crippen molar-refractivity contribution in [1.29, 1.82) is 0 Å². The van der Waals surface area contributed by atoms with E-state index in [0.29, 0.717) is 24.5 Å². The predicted molar refractivity (Wildman–Crippen MR) is 135 cm³/mol. The molecule has 1 N–H and O–H groups in total. The molecular weight excluding hydrogens is 446 g/mol. The summed E-state index contributed by atoms with van der Waals surface area (Å²) in [7, 11) is 0.399. The third kappa shape index (κ3) is 5.07. The normalized spacial score (nSPS) is 23.9. The van der Waals surface area contributed by atoms with Crippen LogP contribution in [-0.4, -0.2) is 86.6 Å². The maximum absolute atomic E-state index is 13.6. The third-order valence-corrected chi connectivity index (χ3v) is 8.99. The molecule has 0 aliphatic carbocycles. The van der Waals surface area contributed by atoms with E-state index in [2.05, 4.69) is 28.9 Å². The van der Waals surface area contributed by atoms with Gasteiger partial charge in [-0.3, -0.25) is 9.80 Å². The lowest BCUT2D eigenvalue weighted by Gasteiger charge is -2.57. The van der Waals surface area contributed by atoms with E-state index in [0.717, 1.165) is 36.1 Å². The second-order valence-electron chi connectivity index (χ2n) is 9.58. The molecule has 0 spiro atoms. The van der Waals surface area contributed by atoms with Crippen molar-refractivity contribution in [2.24, 2.45) is 0 Å². The first-order valence-electron chi connectivity index (χ1n) is 12.0. The van der Waals surface area contributed by atoms with Gasteiger partial charge in [-0.15, -0.1) is 0 Å². The Bertz CT molecular complexity index is 1150. The van der Waals surface area contributed by atoms with Crippen LogP contribution in [0, 0.1) is 18.8 Å². The molecule has 0 unspecified atom stereocenters. The molecule has 0 amide bonds. The van der Waals surface area contributed by atoms with Crippen LogP contribution in [0.5, 0.6) is 0 Å². The van der Waals surface area contributed by atoms with Crippen LogP contribution >= 0.6 is 0 Å². The predicted octanol–water partition coefficient (Wildman–Crippen LogP) is 2.52. The summed E-state index contributed by atoms with van der Waals surface area (Å²) >= 11 is 0. The number of sulfonamides is 1. The van der Waals surface area contributed by atoms with Crippen molar-refractivity contribution < 1.29 is 13.5 Å². The highest BCUT2D eigenvalue weighted by Gasteiger charge is 2.50. The minimum atomic E-state index is -3.59. The lowest BCUT2D eigenvalue weighted by molar-refractivity contribution is -0.0553. The van der Waals surface area contributed by atoms with Gasteiger partial charge in [0.2, 0.25) is 10.0 Å². The lowest BCUT2D eigenvalue weighted by Crippen LogP contribution is -2.67. The van der Waals surface area contributed by atoms with Gasteiger partial charge in [-0.2, -0.15) is 4.31 Å². The molecule has 2 heterocycles. The molecule has 4 rings (SSSR count). The Morgan fingerprint density at radius 2 is 1.76 bits per heavy atom. The van der Waals surface area contributed by atoms with E-state index in [-0.39, 0.29) is 24.6 Å². The number of hydrogen-bond donors (Lipinski definition) is 1. The van der Waals surface area contributed by atoms with Gasteiger partial charge in [0.25, 0.3) is 0 Å². The van der Waals surface area contributed by atoms with E-state index >= 15 is 0 Å². The molecule has 2 aromatic rings. The number of aliphatic hydroxyl groups excluding tert-OH is 1. The van der Waals surface area contributed by atoms with Crippen molar-refractivity contribution in [1.82, 2.24) is 14.1 Å². The Kier molecular flexibility index (Phi) is 7.76. The molecule has 3 atom stereocenters. The highest BCUT2D eigenvalue weighted by Crippen LogP contribution is 2.42. The van der Waals surface area contributed by atoms with Crippen molar-refractivity contribution in [2.75, 3.05) is 46.9 Å². The quantitative estimate of drug-likeness (QED) is 0.665. The first-order valence-corrected chi connectivity index (χ1v) is 13.4. The molecule has 2 fully saturated rings. The molecule has 2 saturated heterocycles. The fourth-order valence-corrected chi connectivity index (χ4v) is 6.92. The average Bonchev–Trinajstić information content (AvgIpc) is 2.78. The summed E-state index contributed by atoms with van der Waals surface area (Å²) in [6.07, 6.45) is 1.73. The molecule has 6 nitrogen and oxygen atoms in total. The van der Waals surface area contributed by atoms with Gasteiger partial charge in [-0.25, -0.2) is 8.42 Å². The van der Waals surface area contributed by atoms with Crippen molar-refractivity contribution >= 4 is 10.0 Å².